The number of para-hydroxylation sites is 2. The smallest absolute Gasteiger partial charge is 0.227 e. The van der Waals surface area contributed by atoms with Crippen molar-refractivity contribution in [2.75, 3.05) is 16.8 Å². The van der Waals surface area contributed by atoms with E-state index < -0.39 is 0 Å². The minimum absolute atomic E-state index is 0.205. The lowest BCUT2D eigenvalue weighted by Crippen LogP contribution is -2.24. The van der Waals surface area contributed by atoms with Crippen molar-refractivity contribution in [3.8, 4) is 0 Å². The molecule has 0 aromatic heterocycles. The molecular weight excluding hydrogens is 296 g/mol. The number of nitrogens with zero attached hydrogens (tertiary/aromatic N) is 1. The van der Waals surface area contributed by atoms with Crippen LogP contribution in [0, 0.1) is 6.92 Å². The van der Waals surface area contributed by atoms with Gasteiger partial charge in [-0.25, -0.2) is 0 Å². The van der Waals surface area contributed by atoms with Crippen LogP contribution in [0.1, 0.15) is 24.0 Å². The van der Waals surface area contributed by atoms with Gasteiger partial charge in [0, 0.05) is 24.5 Å². The zero-order chi connectivity index (χ0) is 15.5. The molecule has 0 saturated carbocycles. The second kappa shape index (κ2) is 6.41. The Hall–Kier alpha value is -2.00. The summed E-state index contributed by atoms with van der Waals surface area (Å²) in [5.41, 5.74) is 4.32. The van der Waals surface area contributed by atoms with Gasteiger partial charge in [-0.15, -0.1) is 0 Å². The molecule has 1 amide bonds. The van der Waals surface area contributed by atoms with Gasteiger partial charge in [0.1, 0.15) is 0 Å². The summed E-state index contributed by atoms with van der Waals surface area (Å²) in [5, 5.41) is 4.20. The molecule has 1 aliphatic rings. The van der Waals surface area contributed by atoms with Crippen molar-refractivity contribution < 1.29 is 4.79 Å². The van der Waals surface area contributed by atoms with E-state index in [0.717, 1.165) is 34.9 Å². The molecule has 0 bridgehead atoms. The zero-order valence-corrected chi connectivity index (χ0v) is 13.4. The van der Waals surface area contributed by atoms with Gasteiger partial charge < -0.3 is 10.2 Å². The minimum Gasteiger partial charge on any atom is -0.379 e. The van der Waals surface area contributed by atoms with Gasteiger partial charge >= 0.3 is 0 Å². The second-order valence-electron chi connectivity index (χ2n) is 5.59. The average Bonchev–Trinajstić information content (AvgIpc) is 2.93. The Balaban J connectivity index is 1.79. The highest BCUT2D eigenvalue weighted by Gasteiger charge is 2.23. The highest BCUT2D eigenvalue weighted by atomic mass is 35.5. The maximum Gasteiger partial charge on any atom is 0.227 e. The van der Waals surface area contributed by atoms with Crippen molar-refractivity contribution in [2.45, 2.75) is 26.3 Å². The van der Waals surface area contributed by atoms with E-state index in [0.29, 0.717) is 13.0 Å². The molecule has 2 aromatic carbocycles. The van der Waals surface area contributed by atoms with E-state index in [9.17, 15) is 4.79 Å². The van der Waals surface area contributed by atoms with Crippen LogP contribution in [0.15, 0.2) is 42.5 Å². The Kier molecular flexibility index (Phi) is 4.34. The molecular formula is C18H19ClN2O. The number of carbonyl (C=O) groups is 1. The first-order valence-electron chi connectivity index (χ1n) is 7.53. The molecule has 0 aliphatic carbocycles. The normalized spacial score (nSPS) is 14.5. The topological polar surface area (TPSA) is 32.3 Å². The highest BCUT2D eigenvalue weighted by molar-refractivity contribution is 6.30. The van der Waals surface area contributed by atoms with Crippen molar-refractivity contribution in [1.82, 2.24) is 0 Å². The summed E-state index contributed by atoms with van der Waals surface area (Å²) in [6.07, 6.45) is 1.58. The third kappa shape index (κ3) is 3.09. The molecule has 1 heterocycles. The third-order valence-corrected chi connectivity index (χ3v) is 4.28. The van der Waals surface area contributed by atoms with Crippen LogP contribution in [-0.2, 0) is 11.3 Å². The molecule has 2 aromatic rings. The van der Waals surface area contributed by atoms with E-state index in [-0.39, 0.29) is 5.91 Å². The quantitative estimate of drug-likeness (QED) is 0.908. The number of hydrogen-bond donors (Lipinski definition) is 1. The van der Waals surface area contributed by atoms with Crippen molar-refractivity contribution in [1.29, 1.82) is 0 Å². The Morgan fingerprint density at radius 3 is 2.77 bits per heavy atom. The lowest BCUT2D eigenvalue weighted by molar-refractivity contribution is -0.117. The Labute approximate surface area is 135 Å². The monoisotopic (exact) mass is 314 g/mol. The van der Waals surface area contributed by atoms with Crippen molar-refractivity contribution in [3.05, 3.63) is 58.6 Å². The van der Waals surface area contributed by atoms with Crippen LogP contribution < -0.4 is 10.2 Å². The molecule has 1 saturated heterocycles. The van der Waals surface area contributed by atoms with Gasteiger partial charge in [-0.2, -0.15) is 0 Å². The number of aryl methyl sites for hydroxylation is 1. The highest BCUT2D eigenvalue weighted by Crippen LogP contribution is 2.30. The number of carbonyl (C=O) groups excluding carboxylic acids is 1. The molecule has 0 unspecified atom stereocenters. The summed E-state index contributed by atoms with van der Waals surface area (Å²) in [5.74, 6) is 0.205. The van der Waals surface area contributed by atoms with Gasteiger partial charge in [-0.3, -0.25) is 4.79 Å². The number of rotatable bonds is 4. The standard InChI is InChI=1S/C18H19ClN2O/c1-13-11-15(19)9-8-14(13)12-20-16-5-2-3-6-17(16)21-10-4-7-18(21)22/h2-3,5-6,8-9,11,20H,4,7,10,12H2,1H3. The van der Waals surface area contributed by atoms with E-state index in [1.807, 2.05) is 47.4 Å². The van der Waals surface area contributed by atoms with Crippen LogP contribution in [-0.4, -0.2) is 12.5 Å². The first kappa shape index (κ1) is 14.9. The van der Waals surface area contributed by atoms with Crippen LogP contribution >= 0.6 is 11.6 Å². The van der Waals surface area contributed by atoms with Crippen molar-refractivity contribution >= 4 is 28.9 Å². The van der Waals surface area contributed by atoms with E-state index >= 15 is 0 Å². The molecule has 3 nitrogen and oxygen atoms in total. The number of benzene rings is 2. The third-order valence-electron chi connectivity index (χ3n) is 4.04. The van der Waals surface area contributed by atoms with Crippen LogP contribution in [0.4, 0.5) is 11.4 Å². The van der Waals surface area contributed by atoms with Gasteiger partial charge in [-0.05, 0) is 48.7 Å². The first-order valence-corrected chi connectivity index (χ1v) is 7.91. The van der Waals surface area contributed by atoms with E-state index in [1.54, 1.807) is 0 Å². The Bertz CT molecular complexity index is 699. The molecule has 1 aliphatic heterocycles. The SMILES string of the molecule is Cc1cc(Cl)ccc1CNc1ccccc1N1CCCC1=O. The van der Waals surface area contributed by atoms with E-state index in [2.05, 4.69) is 12.2 Å². The molecule has 1 N–H and O–H groups in total. The molecule has 3 rings (SSSR count). The van der Waals surface area contributed by atoms with Crippen LogP contribution in [0.3, 0.4) is 0 Å². The molecule has 1 fully saturated rings. The second-order valence-corrected chi connectivity index (χ2v) is 6.03. The fourth-order valence-electron chi connectivity index (χ4n) is 2.81. The predicted octanol–water partition coefficient (Wildman–Crippen LogP) is 4.39. The summed E-state index contributed by atoms with van der Waals surface area (Å²) >= 11 is 6.00. The summed E-state index contributed by atoms with van der Waals surface area (Å²) in [7, 11) is 0. The lowest BCUT2D eigenvalue weighted by Gasteiger charge is -2.20. The molecule has 0 atom stereocenters. The Morgan fingerprint density at radius 1 is 1.23 bits per heavy atom. The maximum atomic E-state index is 12.0. The molecule has 22 heavy (non-hydrogen) atoms. The van der Waals surface area contributed by atoms with Crippen molar-refractivity contribution in [3.63, 3.8) is 0 Å². The fourth-order valence-corrected chi connectivity index (χ4v) is 3.04. The summed E-state index contributed by atoms with van der Waals surface area (Å²) in [6.45, 7) is 3.57. The van der Waals surface area contributed by atoms with Gasteiger partial charge in [-0.1, -0.05) is 29.8 Å². The fraction of sp³-hybridized carbons (Fsp3) is 0.278. The summed E-state index contributed by atoms with van der Waals surface area (Å²) in [6, 6.07) is 13.9. The van der Waals surface area contributed by atoms with Crippen molar-refractivity contribution in [2.24, 2.45) is 0 Å². The lowest BCUT2D eigenvalue weighted by atomic mass is 10.1. The first-order chi connectivity index (χ1) is 10.6. The molecule has 4 heteroatoms. The van der Waals surface area contributed by atoms with Gasteiger partial charge in [0.15, 0.2) is 0 Å². The Morgan fingerprint density at radius 2 is 2.05 bits per heavy atom. The predicted molar refractivity (Wildman–Crippen MR) is 91.5 cm³/mol. The average molecular weight is 315 g/mol. The van der Waals surface area contributed by atoms with E-state index in [1.165, 1.54) is 5.56 Å². The largest absolute Gasteiger partial charge is 0.379 e. The maximum absolute atomic E-state index is 12.0. The summed E-state index contributed by atoms with van der Waals surface area (Å²) in [4.78, 5) is 13.8. The number of anilines is 2. The molecule has 0 radical (unpaired) electrons. The minimum atomic E-state index is 0.205. The number of nitrogens with one attached hydrogen (secondary N) is 1. The number of hydrogen-bond acceptors (Lipinski definition) is 2. The summed E-state index contributed by atoms with van der Waals surface area (Å²) < 4.78 is 0. The number of amides is 1. The molecule has 0 spiro atoms. The number of halogens is 1. The molecule has 114 valence electrons. The van der Waals surface area contributed by atoms with Gasteiger partial charge in [0.25, 0.3) is 0 Å². The van der Waals surface area contributed by atoms with Crippen LogP contribution in [0.2, 0.25) is 5.02 Å². The van der Waals surface area contributed by atoms with Gasteiger partial charge in [0.2, 0.25) is 5.91 Å². The van der Waals surface area contributed by atoms with Gasteiger partial charge in [0.05, 0.1) is 11.4 Å². The zero-order valence-electron chi connectivity index (χ0n) is 12.6. The van der Waals surface area contributed by atoms with Crippen LogP contribution in [0.25, 0.3) is 0 Å². The van der Waals surface area contributed by atoms with Crippen LogP contribution in [0.5, 0.6) is 0 Å². The van der Waals surface area contributed by atoms with E-state index in [4.69, 9.17) is 11.6 Å².